The zero-order valence-corrected chi connectivity index (χ0v) is 16.5. The SMILES string of the molecule is CCc1cc(C#N)ccc1N(C)c1cc2c(ncn2C)c(NC(=O)[C@H]2C[C@H]2F)n1. The first-order valence-corrected chi connectivity index (χ1v) is 9.46. The molecule has 0 saturated heterocycles. The molecule has 29 heavy (non-hydrogen) atoms. The second kappa shape index (κ2) is 7.17. The summed E-state index contributed by atoms with van der Waals surface area (Å²) in [6, 6.07) is 9.58. The number of alkyl halides is 1. The molecule has 8 heteroatoms. The van der Waals surface area contributed by atoms with Crippen molar-refractivity contribution in [1.29, 1.82) is 5.26 Å². The van der Waals surface area contributed by atoms with Crippen LogP contribution in [0.25, 0.3) is 11.0 Å². The molecular formula is C21H21FN6O. The number of nitriles is 1. The number of fused-ring (bicyclic) bond motifs is 1. The highest BCUT2D eigenvalue weighted by Crippen LogP contribution is 2.36. The molecule has 1 aliphatic carbocycles. The van der Waals surface area contributed by atoms with Crippen molar-refractivity contribution in [3.05, 3.63) is 41.7 Å². The van der Waals surface area contributed by atoms with E-state index in [1.54, 1.807) is 12.4 Å². The quantitative estimate of drug-likeness (QED) is 0.718. The Kier molecular flexibility index (Phi) is 4.66. The number of amides is 1. The minimum Gasteiger partial charge on any atom is -0.334 e. The predicted molar refractivity (Wildman–Crippen MR) is 109 cm³/mol. The maximum absolute atomic E-state index is 13.3. The van der Waals surface area contributed by atoms with E-state index < -0.39 is 12.1 Å². The molecule has 1 aliphatic rings. The molecule has 1 amide bonds. The predicted octanol–water partition coefficient (Wildman–Crippen LogP) is 3.47. The average Bonchev–Trinajstić information content (AvgIpc) is 3.36. The number of benzene rings is 1. The number of halogens is 1. The van der Waals surface area contributed by atoms with E-state index in [4.69, 9.17) is 5.26 Å². The Hall–Kier alpha value is -3.47. The van der Waals surface area contributed by atoms with Gasteiger partial charge in [-0.05, 0) is 36.6 Å². The van der Waals surface area contributed by atoms with Crippen LogP contribution in [0.2, 0.25) is 0 Å². The molecule has 1 aromatic carbocycles. The lowest BCUT2D eigenvalue weighted by Crippen LogP contribution is -2.18. The van der Waals surface area contributed by atoms with Gasteiger partial charge < -0.3 is 14.8 Å². The lowest BCUT2D eigenvalue weighted by Gasteiger charge is -2.22. The molecule has 0 unspecified atom stereocenters. The van der Waals surface area contributed by atoms with Crippen LogP contribution < -0.4 is 10.2 Å². The number of aromatic nitrogens is 3. The maximum Gasteiger partial charge on any atom is 0.231 e. The van der Waals surface area contributed by atoms with Gasteiger partial charge in [0.25, 0.3) is 0 Å². The van der Waals surface area contributed by atoms with Gasteiger partial charge in [-0.15, -0.1) is 0 Å². The molecule has 2 heterocycles. The van der Waals surface area contributed by atoms with Gasteiger partial charge in [0.2, 0.25) is 5.91 Å². The summed E-state index contributed by atoms with van der Waals surface area (Å²) in [5.41, 5.74) is 3.90. The van der Waals surface area contributed by atoms with Crippen molar-refractivity contribution in [2.24, 2.45) is 13.0 Å². The second-order valence-electron chi connectivity index (χ2n) is 7.27. The van der Waals surface area contributed by atoms with Crippen LogP contribution in [0.3, 0.4) is 0 Å². The number of aryl methyl sites for hydroxylation is 2. The van der Waals surface area contributed by atoms with Crippen LogP contribution in [-0.4, -0.2) is 33.7 Å². The van der Waals surface area contributed by atoms with Crippen molar-refractivity contribution in [2.75, 3.05) is 17.3 Å². The summed E-state index contributed by atoms with van der Waals surface area (Å²) < 4.78 is 15.1. The monoisotopic (exact) mass is 392 g/mol. The summed E-state index contributed by atoms with van der Waals surface area (Å²) >= 11 is 0. The first kappa shape index (κ1) is 18.9. The Morgan fingerprint density at radius 3 is 2.86 bits per heavy atom. The standard InChI is InChI=1S/C21H21FN6O/c1-4-13-7-12(10-23)5-6-16(13)28(3)18-9-17-19(24-11-27(17)2)20(25-18)26-21(29)14-8-15(14)22/h5-7,9,11,14-15H,4,8H2,1-3H3,(H,25,26,29)/t14-,15+/m0/s1. The van der Waals surface area contributed by atoms with Crippen LogP contribution in [0, 0.1) is 17.2 Å². The lowest BCUT2D eigenvalue weighted by molar-refractivity contribution is -0.117. The fraction of sp³-hybridized carbons (Fsp3) is 0.333. The van der Waals surface area contributed by atoms with E-state index in [0.29, 0.717) is 22.7 Å². The Labute approximate surface area is 167 Å². The number of nitrogens with one attached hydrogen (secondary N) is 1. The van der Waals surface area contributed by atoms with Gasteiger partial charge in [0, 0.05) is 25.8 Å². The number of carbonyl (C=O) groups is 1. The van der Waals surface area contributed by atoms with Gasteiger partial charge in [-0.2, -0.15) is 5.26 Å². The van der Waals surface area contributed by atoms with E-state index in [0.717, 1.165) is 23.2 Å². The van der Waals surface area contributed by atoms with Crippen molar-refractivity contribution < 1.29 is 9.18 Å². The summed E-state index contributed by atoms with van der Waals surface area (Å²) in [5.74, 6) is -0.0457. The van der Waals surface area contributed by atoms with Crippen LogP contribution in [0.1, 0.15) is 24.5 Å². The van der Waals surface area contributed by atoms with Gasteiger partial charge in [0.15, 0.2) is 5.82 Å². The third-order valence-electron chi connectivity index (χ3n) is 5.28. The molecule has 7 nitrogen and oxygen atoms in total. The number of nitrogens with zero attached hydrogens (tertiary/aromatic N) is 5. The highest BCUT2D eigenvalue weighted by molar-refractivity contribution is 6.01. The van der Waals surface area contributed by atoms with E-state index in [-0.39, 0.29) is 12.3 Å². The molecule has 4 rings (SSSR count). The molecule has 0 radical (unpaired) electrons. The molecule has 2 aromatic heterocycles. The Morgan fingerprint density at radius 2 is 2.21 bits per heavy atom. The van der Waals surface area contributed by atoms with Crippen LogP contribution >= 0.6 is 0 Å². The van der Waals surface area contributed by atoms with Crippen LogP contribution in [0.4, 0.5) is 21.7 Å². The van der Waals surface area contributed by atoms with Crippen molar-refractivity contribution >= 4 is 34.3 Å². The molecule has 3 aromatic rings. The first-order chi connectivity index (χ1) is 13.9. The summed E-state index contributed by atoms with van der Waals surface area (Å²) in [6.45, 7) is 2.03. The largest absolute Gasteiger partial charge is 0.334 e. The third-order valence-corrected chi connectivity index (χ3v) is 5.28. The van der Waals surface area contributed by atoms with Gasteiger partial charge in [-0.25, -0.2) is 14.4 Å². The van der Waals surface area contributed by atoms with Crippen LogP contribution in [0.15, 0.2) is 30.6 Å². The van der Waals surface area contributed by atoms with Crippen LogP contribution in [-0.2, 0) is 18.3 Å². The van der Waals surface area contributed by atoms with E-state index in [2.05, 4.69) is 21.4 Å². The third kappa shape index (κ3) is 3.40. The van der Waals surface area contributed by atoms with Crippen molar-refractivity contribution in [3.8, 4) is 6.07 Å². The molecule has 1 fully saturated rings. The molecule has 2 atom stereocenters. The second-order valence-corrected chi connectivity index (χ2v) is 7.27. The average molecular weight is 392 g/mol. The lowest BCUT2D eigenvalue weighted by atomic mass is 10.1. The van der Waals surface area contributed by atoms with Crippen LogP contribution in [0.5, 0.6) is 0 Å². The zero-order valence-electron chi connectivity index (χ0n) is 16.5. The summed E-state index contributed by atoms with van der Waals surface area (Å²) in [5, 5.41) is 11.9. The molecule has 1 N–H and O–H groups in total. The normalized spacial score (nSPS) is 17.8. The number of pyridine rings is 1. The van der Waals surface area contributed by atoms with Crippen molar-refractivity contribution in [1.82, 2.24) is 14.5 Å². The molecule has 148 valence electrons. The van der Waals surface area contributed by atoms with E-state index >= 15 is 0 Å². The van der Waals surface area contributed by atoms with Gasteiger partial charge in [0.05, 0.1) is 29.4 Å². The molecule has 0 spiro atoms. The summed E-state index contributed by atoms with van der Waals surface area (Å²) in [6.07, 6.45) is 1.58. The Balaban J connectivity index is 1.76. The fourth-order valence-corrected chi connectivity index (χ4v) is 3.41. The molecule has 0 aliphatic heterocycles. The zero-order chi connectivity index (χ0) is 20.7. The van der Waals surface area contributed by atoms with E-state index in [1.165, 1.54) is 0 Å². The van der Waals surface area contributed by atoms with E-state index in [9.17, 15) is 9.18 Å². The first-order valence-electron chi connectivity index (χ1n) is 9.46. The fourth-order valence-electron chi connectivity index (χ4n) is 3.41. The summed E-state index contributed by atoms with van der Waals surface area (Å²) in [4.78, 5) is 23.2. The molecular weight excluding hydrogens is 371 g/mol. The smallest absolute Gasteiger partial charge is 0.231 e. The number of anilines is 3. The van der Waals surface area contributed by atoms with Crippen molar-refractivity contribution in [2.45, 2.75) is 25.9 Å². The van der Waals surface area contributed by atoms with Crippen molar-refractivity contribution in [3.63, 3.8) is 0 Å². The minimum absolute atomic E-state index is 0.252. The number of hydrogen-bond acceptors (Lipinski definition) is 5. The van der Waals surface area contributed by atoms with E-state index in [1.807, 2.05) is 48.7 Å². The molecule has 0 bridgehead atoms. The highest BCUT2D eigenvalue weighted by atomic mass is 19.1. The topological polar surface area (TPSA) is 86.8 Å². The maximum atomic E-state index is 13.3. The summed E-state index contributed by atoms with van der Waals surface area (Å²) in [7, 11) is 3.75. The minimum atomic E-state index is -1.08. The number of carbonyl (C=O) groups excluding carboxylic acids is 1. The van der Waals surface area contributed by atoms with Gasteiger partial charge in [0.1, 0.15) is 17.5 Å². The van der Waals surface area contributed by atoms with Gasteiger partial charge in [-0.3, -0.25) is 4.79 Å². The Morgan fingerprint density at radius 1 is 1.45 bits per heavy atom. The van der Waals surface area contributed by atoms with Gasteiger partial charge >= 0.3 is 0 Å². The number of imidazole rings is 1. The number of rotatable bonds is 5. The van der Waals surface area contributed by atoms with Gasteiger partial charge in [-0.1, -0.05) is 6.92 Å². The Bertz CT molecular complexity index is 1150. The number of hydrogen-bond donors (Lipinski definition) is 1. The molecule has 1 saturated carbocycles. The highest BCUT2D eigenvalue weighted by Gasteiger charge is 2.44.